The fraction of sp³-hybridized carbons (Fsp3) is 0.294. The second kappa shape index (κ2) is 22.4. The summed E-state index contributed by atoms with van der Waals surface area (Å²) in [6.45, 7) is 15.2. The number of thiazole rings is 1. The molecule has 6 rings (SSSR count). The van der Waals surface area contributed by atoms with E-state index in [-0.39, 0.29) is 32.6 Å². The smallest absolute Gasteiger partial charge is 0.335 e. The lowest BCUT2D eigenvalue weighted by Gasteiger charge is -2.23. The maximum absolute atomic E-state index is 13.8. The third kappa shape index (κ3) is 13.8. The van der Waals surface area contributed by atoms with E-state index in [9.17, 15) is 41.4 Å². The van der Waals surface area contributed by atoms with Gasteiger partial charge in [-0.2, -0.15) is 0 Å². The molecule has 1 heterocycles. The number of aromatic carboxylic acids is 2. The minimum Gasteiger partial charge on any atom is -0.478 e. The summed E-state index contributed by atoms with van der Waals surface area (Å²) in [4.78, 5) is 38.5. The summed E-state index contributed by atoms with van der Waals surface area (Å²) in [6.07, 6.45) is 2.20. The van der Waals surface area contributed by atoms with Crippen molar-refractivity contribution in [2.75, 3.05) is 14.8 Å². The van der Waals surface area contributed by atoms with Gasteiger partial charge in [0.1, 0.15) is 0 Å². The van der Waals surface area contributed by atoms with Crippen LogP contribution in [0.25, 0.3) is 0 Å². The molecule has 6 aromatic rings. The standard InChI is InChI=1S/C30H37NO4S.C21H21N3O5S2/c1-19(2)24-17-27(20(3)4)29(28(18-24)21(5)6)36(34,35)31-25-12-9-10-22(16-25)14-15-23-11-7-8-13-26(23)30(32)33;1-13-20(30-21(22-13)23-14(2)25)31(28,29)24-17-8-5-6-15(12-17)10-11-16-7-3-4-9-18(16)19(26)27/h7-13,16-21,31H,14-15H2,1-6H3,(H,32,33);3-9,12,24H,10-11H2,1-2H3,(H,26,27)(H,22,23,25). The summed E-state index contributed by atoms with van der Waals surface area (Å²) >= 11 is 0.881. The van der Waals surface area contributed by atoms with Crippen LogP contribution in [0.2, 0.25) is 0 Å². The van der Waals surface area contributed by atoms with Gasteiger partial charge in [-0.25, -0.2) is 31.4 Å². The van der Waals surface area contributed by atoms with Crippen LogP contribution in [0.5, 0.6) is 0 Å². The minimum absolute atomic E-state index is 0.0250. The number of carbonyl (C=O) groups is 3. The van der Waals surface area contributed by atoms with E-state index in [1.54, 1.807) is 67.6 Å². The molecule has 0 aliphatic rings. The Morgan fingerprint density at radius 3 is 1.46 bits per heavy atom. The summed E-state index contributed by atoms with van der Waals surface area (Å²) in [5.41, 5.74) is 7.80. The van der Waals surface area contributed by atoms with Gasteiger partial charge in [0.05, 0.1) is 21.7 Å². The molecule has 1 amide bonds. The summed E-state index contributed by atoms with van der Waals surface area (Å²) in [5.74, 6) is -1.86. The SMILES string of the molecule is CC(=O)Nc1nc(C)c(S(=O)(=O)Nc2cccc(CCc3ccccc3C(=O)O)c2)s1.CC(C)c1cc(C(C)C)c(S(=O)(=O)Nc2cccc(CCc3ccccc3C(=O)O)c2)c(C(C)C)c1. The van der Waals surface area contributed by atoms with Crippen molar-refractivity contribution in [2.24, 2.45) is 0 Å². The van der Waals surface area contributed by atoms with Gasteiger partial charge in [-0.1, -0.05) is 126 Å². The molecule has 0 bridgehead atoms. The van der Waals surface area contributed by atoms with Crippen LogP contribution in [-0.2, 0) is 50.5 Å². The minimum atomic E-state index is -3.88. The van der Waals surface area contributed by atoms with Crippen molar-refractivity contribution in [3.8, 4) is 0 Å². The number of carboxylic acid groups (broad SMARTS) is 2. The molecule has 0 saturated carbocycles. The summed E-state index contributed by atoms with van der Waals surface area (Å²) in [5, 5.41) is 21.5. The van der Waals surface area contributed by atoms with E-state index < -0.39 is 32.0 Å². The molecule has 354 valence electrons. The lowest BCUT2D eigenvalue weighted by atomic mass is 9.89. The van der Waals surface area contributed by atoms with Crippen LogP contribution < -0.4 is 14.8 Å². The molecule has 5 N–H and O–H groups in total. The topological polar surface area (TPSA) is 209 Å². The largest absolute Gasteiger partial charge is 0.478 e. The highest BCUT2D eigenvalue weighted by Gasteiger charge is 2.28. The second-order valence-corrected chi connectivity index (χ2v) is 21.6. The molecule has 0 aliphatic heterocycles. The number of hydrogen-bond donors (Lipinski definition) is 5. The first-order chi connectivity index (χ1) is 31.6. The number of aromatic nitrogens is 1. The van der Waals surface area contributed by atoms with Crippen molar-refractivity contribution < 1.29 is 41.4 Å². The van der Waals surface area contributed by atoms with Gasteiger partial charge < -0.3 is 15.5 Å². The number of benzene rings is 5. The number of aryl methyl sites for hydroxylation is 5. The van der Waals surface area contributed by atoms with E-state index in [1.807, 2.05) is 76.2 Å². The normalized spacial score (nSPS) is 11.6. The van der Waals surface area contributed by atoms with Crippen molar-refractivity contribution in [1.82, 2.24) is 4.98 Å². The Morgan fingerprint density at radius 1 is 0.597 bits per heavy atom. The van der Waals surface area contributed by atoms with Crippen LogP contribution in [0.3, 0.4) is 0 Å². The average molecular weight is 967 g/mol. The summed E-state index contributed by atoms with van der Waals surface area (Å²) < 4.78 is 58.6. The number of carboxylic acids is 2. The maximum atomic E-state index is 13.8. The summed E-state index contributed by atoms with van der Waals surface area (Å²) in [6, 6.07) is 32.1. The van der Waals surface area contributed by atoms with Gasteiger partial charge in [0.2, 0.25) is 5.91 Å². The van der Waals surface area contributed by atoms with E-state index in [1.165, 1.54) is 6.92 Å². The first-order valence-electron chi connectivity index (χ1n) is 21.8. The number of rotatable bonds is 18. The number of carbonyl (C=O) groups excluding carboxylic acids is 1. The Kier molecular flexibility index (Phi) is 17.3. The van der Waals surface area contributed by atoms with Crippen LogP contribution in [0.4, 0.5) is 16.5 Å². The van der Waals surface area contributed by atoms with Crippen LogP contribution >= 0.6 is 11.3 Å². The Labute approximate surface area is 397 Å². The number of anilines is 3. The highest BCUT2D eigenvalue weighted by atomic mass is 32.2. The molecule has 1 aromatic heterocycles. The number of amides is 1. The Balaban J connectivity index is 0.000000254. The molecule has 0 saturated heterocycles. The fourth-order valence-corrected chi connectivity index (χ4v) is 11.7. The number of hydrogen-bond acceptors (Lipinski definition) is 9. The Hall–Kier alpha value is -6.36. The molecule has 5 aromatic carbocycles. The highest BCUT2D eigenvalue weighted by molar-refractivity contribution is 7.94. The maximum Gasteiger partial charge on any atom is 0.335 e. The van der Waals surface area contributed by atoms with E-state index in [0.29, 0.717) is 64.7 Å². The van der Waals surface area contributed by atoms with Crippen LogP contribution in [0.1, 0.15) is 132 Å². The predicted molar refractivity (Wildman–Crippen MR) is 266 cm³/mol. The van der Waals surface area contributed by atoms with Gasteiger partial charge in [-0.05, 0) is 126 Å². The van der Waals surface area contributed by atoms with Gasteiger partial charge in [0, 0.05) is 18.3 Å². The molecule has 0 radical (unpaired) electrons. The van der Waals surface area contributed by atoms with Crippen molar-refractivity contribution >= 4 is 65.7 Å². The molecule has 16 heteroatoms. The zero-order valence-electron chi connectivity index (χ0n) is 38.9. The van der Waals surface area contributed by atoms with E-state index in [0.717, 1.165) is 44.7 Å². The molecule has 0 unspecified atom stereocenters. The average Bonchev–Trinajstić information content (AvgIpc) is 3.64. The van der Waals surface area contributed by atoms with Crippen molar-refractivity contribution in [2.45, 2.75) is 108 Å². The molecular weight excluding hydrogens is 909 g/mol. The van der Waals surface area contributed by atoms with E-state index in [2.05, 4.69) is 33.6 Å². The van der Waals surface area contributed by atoms with E-state index >= 15 is 0 Å². The Bertz CT molecular complexity index is 2950. The van der Waals surface area contributed by atoms with Gasteiger partial charge in [-0.3, -0.25) is 14.2 Å². The molecule has 0 spiro atoms. The van der Waals surface area contributed by atoms with Gasteiger partial charge >= 0.3 is 11.9 Å². The van der Waals surface area contributed by atoms with Gasteiger partial charge in [0.25, 0.3) is 20.0 Å². The van der Waals surface area contributed by atoms with Crippen molar-refractivity contribution in [1.29, 1.82) is 0 Å². The second-order valence-electron chi connectivity index (χ2n) is 17.1. The molecule has 13 nitrogen and oxygen atoms in total. The zero-order chi connectivity index (χ0) is 49.2. The molecule has 67 heavy (non-hydrogen) atoms. The molecule has 0 fully saturated rings. The third-order valence-corrected chi connectivity index (χ3v) is 15.4. The quantitative estimate of drug-likeness (QED) is 0.0550. The van der Waals surface area contributed by atoms with Gasteiger partial charge in [0.15, 0.2) is 9.34 Å². The third-order valence-electron chi connectivity index (χ3n) is 10.8. The first-order valence-corrected chi connectivity index (χ1v) is 25.6. The van der Waals surface area contributed by atoms with Crippen LogP contribution in [-0.4, -0.2) is 49.9 Å². The van der Waals surface area contributed by atoms with Gasteiger partial charge in [-0.15, -0.1) is 0 Å². The van der Waals surface area contributed by atoms with Crippen molar-refractivity contribution in [3.05, 3.63) is 165 Å². The highest BCUT2D eigenvalue weighted by Crippen LogP contribution is 2.36. The van der Waals surface area contributed by atoms with E-state index in [4.69, 9.17) is 0 Å². The predicted octanol–water partition coefficient (Wildman–Crippen LogP) is 11.0. The van der Waals surface area contributed by atoms with Crippen LogP contribution in [0.15, 0.2) is 118 Å². The lowest BCUT2D eigenvalue weighted by molar-refractivity contribution is -0.114. The van der Waals surface area contributed by atoms with Crippen molar-refractivity contribution in [3.63, 3.8) is 0 Å². The molecule has 0 aliphatic carbocycles. The Morgan fingerprint density at radius 2 is 1.04 bits per heavy atom. The van der Waals surface area contributed by atoms with Crippen LogP contribution in [0, 0.1) is 6.92 Å². The number of nitrogens with one attached hydrogen (secondary N) is 3. The summed E-state index contributed by atoms with van der Waals surface area (Å²) in [7, 11) is -7.72. The molecular formula is C51H58N4O9S3. The fourth-order valence-electron chi connectivity index (χ4n) is 7.48. The number of nitrogens with zero attached hydrogens (tertiary/aromatic N) is 1. The number of sulfonamides is 2. The lowest BCUT2D eigenvalue weighted by Crippen LogP contribution is -2.19. The monoisotopic (exact) mass is 966 g/mol. The zero-order valence-corrected chi connectivity index (χ0v) is 41.3. The first kappa shape index (κ1) is 51.6. The molecule has 0 atom stereocenters.